The zero-order valence-electron chi connectivity index (χ0n) is 11.7. The van der Waals surface area contributed by atoms with E-state index in [1.54, 1.807) is 6.08 Å². The molecule has 0 bridgehead atoms. The van der Waals surface area contributed by atoms with E-state index in [0.717, 1.165) is 42.1 Å². The van der Waals surface area contributed by atoms with Crippen LogP contribution in [0.15, 0.2) is 22.3 Å². The molecule has 0 unspecified atom stereocenters. The van der Waals surface area contributed by atoms with Crippen molar-refractivity contribution >= 4 is 16.3 Å². The molecule has 104 valence electrons. The lowest BCUT2D eigenvalue weighted by Crippen LogP contribution is -2.30. The van der Waals surface area contributed by atoms with Crippen molar-refractivity contribution in [1.82, 2.24) is 4.90 Å². The van der Waals surface area contributed by atoms with Gasteiger partial charge in [0, 0.05) is 19.2 Å². The van der Waals surface area contributed by atoms with Gasteiger partial charge in [-0.05, 0) is 36.8 Å². The van der Waals surface area contributed by atoms with Crippen molar-refractivity contribution in [2.45, 2.75) is 39.5 Å². The molecule has 0 amide bonds. The van der Waals surface area contributed by atoms with Gasteiger partial charge in [0.15, 0.2) is 0 Å². The molecule has 1 fully saturated rings. The summed E-state index contributed by atoms with van der Waals surface area (Å²) < 4.78 is 12.0. The van der Waals surface area contributed by atoms with Crippen LogP contribution in [0.1, 0.15) is 39.5 Å². The molecule has 0 saturated carbocycles. The molecule has 2 rings (SSSR count). The quantitative estimate of drug-likeness (QED) is 0.443. The lowest BCUT2D eigenvalue weighted by molar-refractivity contribution is 0.289. The van der Waals surface area contributed by atoms with Gasteiger partial charge in [-0.1, -0.05) is 24.3 Å². The van der Waals surface area contributed by atoms with Gasteiger partial charge in [-0.3, -0.25) is 0 Å². The molecule has 3 nitrogen and oxygen atoms in total. The first kappa shape index (κ1) is 14.2. The fourth-order valence-corrected chi connectivity index (χ4v) is 3.98. The Morgan fingerprint density at radius 2 is 2.00 bits per heavy atom. The predicted octanol–water partition coefficient (Wildman–Crippen LogP) is 2.96. The number of allylic oxidation sites excluding steroid dienone is 3. The lowest BCUT2D eigenvalue weighted by atomic mass is 9.76. The summed E-state index contributed by atoms with van der Waals surface area (Å²) >= 11 is 0. The van der Waals surface area contributed by atoms with Crippen LogP contribution < -0.4 is 0 Å². The highest BCUT2D eigenvalue weighted by Crippen LogP contribution is 2.43. The number of hydrogen-bond acceptors (Lipinski definition) is 4. The first-order chi connectivity index (χ1) is 8.94. The smallest absolute Gasteiger partial charge is 0.0914 e. The van der Waals surface area contributed by atoms with Gasteiger partial charge in [-0.15, -0.1) is 0 Å². The highest BCUT2D eigenvalue weighted by Gasteiger charge is 2.31. The summed E-state index contributed by atoms with van der Waals surface area (Å²) in [6.45, 7) is 6.48. The number of nitrogens with zero attached hydrogens (tertiary/aromatic N) is 2. The Labute approximate surface area is 117 Å². The molecule has 0 atom stereocenters. The highest BCUT2D eigenvalue weighted by atomic mass is 32.2. The lowest BCUT2D eigenvalue weighted by Gasteiger charge is -2.40. The van der Waals surface area contributed by atoms with Gasteiger partial charge in [0.05, 0.1) is 6.07 Å². The molecule has 0 aromatic carbocycles. The van der Waals surface area contributed by atoms with E-state index in [-0.39, 0.29) is 5.41 Å². The Hall–Kier alpha value is -1.21. The minimum absolute atomic E-state index is 0.115. The van der Waals surface area contributed by atoms with E-state index in [1.807, 2.05) is 0 Å². The topological polar surface area (TPSA) is 44.1 Å². The zero-order chi connectivity index (χ0) is 14.0. The Balaban J connectivity index is 2.54. The van der Waals surface area contributed by atoms with E-state index in [4.69, 9.17) is 5.26 Å². The van der Waals surface area contributed by atoms with Crippen molar-refractivity contribution < 1.29 is 4.21 Å². The molecule has 19 heavy (non-hydrogen) atoms. The van der Waals surface area contributed by atoms with Gasteiger partial charge in [0.2, 0.25) is 0 Å². The largest absolute Gasteiger partial charge is 0.457 e. The molecule has 1 saturated heterocycles. The summed E-state index contributed by atoms with van der Waals surface area (Å²) in [5.74, 6) is 3.70. The van der Waals surface area contributed by atoms with Gasteiger partial charge in [0.1, 0.15) is 0 Å². The van der Waals surface area contributed by atoms with Crippen LogP contribution in [0.25, 0.3) is 0 Å². The summed E-state index contributed by atoms with van der Waals surface area (Å²) in [7, 11) is -1.27. The fourth-order valence-electron chi connectivity index (χ4n) is 3.09. The van der Waals surface area contributed by atoms with Gasteiger partial charge in [0.25, 0.3) is 0 Å². The van der Waals surface area contributed by atoms with Gasteiger partial charge >= 0.3 is 0 Å². The van der Waals surface area contributed by atoms with Crippen molar-refractivity contribution in [3.8, 4) is 6.07 Å². The van der Waals surface area contributed by atoms with E-state index in [9.17, 15) is 4.21 Å². The third kappa shape index (κ3) is 3.03. The molecule has 0 aromatic rings. The van der Waals surface area contributed by atoms with E-state index < -0.39 is 10.4 Å². The molecule has 0 aromatic heterocycles. The van der Waals surface area contributed by atoms with E-state index in [2.05, 4.69) is 30.7 Å². The van der Waals surface area contributed by atoms with E-state index >= 15 is 0 Å². The molecule has 1 aliphatic heterocycles. The highest BCUT2D eigenvalue weighted by molar-refractivity contribution is 7.86. The number of nitriles is 1. The standard InChI is InChI=1S/C15H21N2OS/c1-15(2)10-12(6-7-16)14(19(3)18)13(11-15)17-8-4-5-9-17/h6H,3-5,8-11H2,1-2H3/q-1. The Morgan fingerprint density at radius 3 is 2.53 bits per heavy atom. The summed E-state index contributed by atoms with van der Waals surface area (Å²) in [6.07, 6.45) is 5.66. The molecular formula is C15H21N2OS-. The third-order valence-corrected chi connectivity index (χ3v) is 4.78. The average Bonchev–Trinajstić information content (AvgIpc) is 2.79. The molecular weight excluding hydrogens is 256 g/mol. The van der Waals surface area contributed by atoms with Crippen LogP contribution in [-0.2, 0) is 14.6 Å². The minimum atomic E-state index is -1.27. The van der Waals surface area contributed by atoms with Crippen LogP contribution in [0.4, 0.5) is 0 Å². The maximum absolute atomic E-state index is 12.0. The Bertz CT molecular complexity index is 533. The molecule has 0 radical (unpaired) electrons. The molecule has 4 heteroatoms. The second-order valence-corrected chi connectivity index (χ2v) is 7.23. The van der Waals surface area contributed by atoms with Crippen LogP contribution in [0.5, 0.6) is 0 Å². The number of hydrogen-bond donors (Lipinski definition) is 0. The average molecular weight is 277 g/mol. The van der Waals surface area contributed by atoms with Crippen LogP contribution in [0, 0.1) is 16.7 Å². The SMILES string of the molecule is C=[S-](=O)C1=C(N2CCCC2)CC(C)(C)CC1=CC#N. The normalized spacial score (nSPS) is 25.2. The second kappa shape index (κ2) is 5.42. The van der Waals surface area contributed by atoms with Crippen LogP contribution in [0.3, 0.4) is 0 Å². The number of rotatable bonds is 2. The monoisotopic (exact) mass is 277 g/mol. The maximum Gasteiger partial charge on any atom is 0.0914 e. The van der Waals surface area contributed by atoms with Gasteiger partial charge in [-0.2, -0.15) is 11.1 Å². The molecule has 0 N–H and O–H groups in total. The van der Waals surface area contributed by atoms with Crippen molar-refractivity contribution in [3.05, 3.63) is 22.3 Å². The van der Waals surface area contributed by atoms with Crippen LogP contribution in [0.2, 0.25) is 0 Å². The molecule has 1 aliphatic carbocycles. The number of likely N-dealkylation sites (tertiary alicyclic amines) is 1. The van der Waals surface area contributed by atoms with Crippen LogP contribution >= 0.6 is 0 Å². The van der Waals surface area contributed by atoms with E-state index in [0.29, 0.717) is 0 Å². The van der Waals surface area contributed by atoms with Crippen molar-refractivity contribution in [3.63, 3.8) is 0 Å². The molecule has 1 heterocycles. The second-order valence-electron chi connectivity index (χ2n) is 6.13. The Morgan fingerprint density at radius 1 is 1.37 bits per heavy atom. The predicted molar refractivity (Wildman–Crippen MR) is 79.7 cm³/mol. The maximum atomic E-state index is 12.0. The zero-order valence-corrected chi connectivity index (χ0v) is 12.6. The van der Waals surface area contributed by atoms with Crippen LogP contribution in [-0.4, -0.2) is 23.9 Å². The summed E-state index contributed by atoms with van der Waals surface area (Å²) in [6, 6.07) is 2.09. The van der Waals surface area contributed by atoms with E-state index in [1.165, 1.54) is 12.8 Å². The van der Waals surface area contributed by atoms with Crippen molar-refractivity contribution in [2.24, 2.45) is 5.41 Å². The summed E-state index contributed by atoms with van der Waals surface area (Å²) in [5, 5.41) is 8.96. The minimum Gasteiger partial charge on any atom is -0.457 e. The Kier molecular flexibility index (Phi) is 4.05. The molecule has 0 spiro atoms. The summed E-state index contributed by atoms with van der Waals surface area (Å²) in [5.41, 5.74) is 2.18. The fraction of sp³-hybridized carbons (Fsp3) is 0.600. The van der Waals surface area contributed by atoms with Gasteiger partial charge in [-0.25, -0.2) is 10.4 Å². The first-order valence-electron chi connectivity index (χ1n) is 6.73. The molecule has 2 aliphatic rings. The summed E-state index contributed by atoms with van der Waals surface area (Å²) in [4.78, 5) is 3.15. The third-order valence-electron chi connectivity index (χ3n) is 3.82. The van der Waals surface area contributed by atoms with Gasteiger partial charge < -0.3 is 9.11 Å². The first-order valence-corrected chi connectivity index (χ1v) is 8.05. The van der Waals surface area contributed by atoms with Crippen molar-refractivity contribution in [1.29, 1.82) is 5.26 Å². The van der Waals surface area contributed by atoms with Crippen molar-refractivity contribution in [2.75, 3.05) is 13.1 Å².